The van der Waals surface area contributed by atoms with E-state index in [1.54, 1.807) is 10.9 Å². The minimum atomic E-state index is -0.136. The van der Waals surface area contributed by atoms with E-state index in [9.17, 15) is 4.79 Å². The number of para-hydroxylation sites is 2. The minimum Gasteiger partial charge on any atom is -0.308 e. The van der Waals surface area contributed by atoms with Gasteiger partial charge in [-0.2, -0.15) is 0 Å². The van der Waals surface area contributed by atoms with Gasteiger partial charge < -0.3 is 4.57 Å². The molecule has 31 heavy (non-hydrogen) atoms. The van der Waals surface area contributed by atoms with Gasteiger partial charge in [0.15, 0.2) is 11.3 Å². The van der Waals surface area contributed by atoms with Crippen molar-refractivity contribution in [3.63, 3.8) is 0 Å². The van der Waals surface area contributed by atoms with Gasteiger partial charge in [0.2, 0.25) is 0 Å². The SMILES string of the molecule is CC(C)CCn1c2nc3ccccc3nc2c2c(=O)n(Cc3ccccc3Cl)cnc21. The molecule has 0 aliphatic carbocycles. The second-order valence-corrected chi connectivity index (χ2v) is 8.59. The van der Waals surface area contributed by atoms with Gasteiger partial charge in [0.05, 0.1) is 17.6 Å². The van der Waals surface area contributed by atoms with Crippen molar-refractivity contribution in [2.24, 2.45) is 5.92 Å². The lowest BCUT2D eigenvalue weighted by Gasteiger charge is -2.09. The molecule has 156 valence electrons. The Bertz CT molecular complexity index is 1480. The molecule has 0 saturated heterocycles. The van der Waals surface area contributed by atoms with Crippen LogP contribution in [0.1, 0.15) is 25.8 Å². The number of hydrogen-bond donors (Lipinski definition) is 0. The number of aromatic nitrogens is 5. The number of halogens is 1. The van der Waals surface area contributed by atoms with E-state index >= 15 is 0 Å². The van der Waals surface area contributed by atoms with Crippen LogP contribution in [0.25, 0.3) is 33.2 Å². The van der Waals surface area contributed by atoms with E-state index in [-0.39, 0.29) is 5.56 Å². The van der Waals surface area contributed by atoms with Crippen LogP contribution in [0.5, 0.6) is 0 Å². The van der Waals surface area contributed by atoms with Crippen LogP contribution in [0.2, 0.25) is 5.02 Å². The van der Waals surface area contributed by atoms with Crippen LogP contribution < -0.4 is 5.56 Å². The summed E-state index contributed by atoms with van der Waals surface area (Å²) < 4.78 is 3.62. The number of nitrogens with zero attached hydrogens (tertiary/aromatic N) is 5. The second kappa shape index (κ2) is 7.78. The van der Waals surface area contributed by atoms with Gasteiger partial charge in [0.25, 0.3) is 5.56 Å². The Hall–Kier alpha value is -3.25. The van der Waals surface area contributed by atoms with Crippen molar-refractivity contribution in [1.29, 1.82) is 0 Å². The fraction of sp³-hybridized carbons (Fsp3) is 0.250. The van der Waals surface area contributed by atoms with E-state index in [1.807, 2.05) is 53.1 Å². The van der Waals surface area contributed by atoms with E-state index in [1.165, 1.54) is 0 Å². The molecule has 0 bridgehead atoms. The largest absolute Gasteiger partial charge is 0.308 e. The third-order valence-electron chi connectivity index (χ3n) is 5.55. The molecule has 6 nitrogen and oxygen atoms in total. The topological polar surface area (TPSA) is 65.6 Å². The highest BCUT2D eigenvalue weighted by Gasteiger charge is 2.20. The van der Waals surface area contributed by atoms with Crippen molar-refractivity contribution in [1.82, 2.24) is 24.1 Å². The summed E-state index contributed by atoms with van der Waals surface area (Å²) in [5.41, 5.74) is 4.23. The first kappa shape index (κ1) is 19.7. The Labute approximate surface area is 184 Å². The summed E-state index contributed by atoms with van der Waals surface area (Å²) in [6, 6.07) is 15.2. The lowest BCUT2D eigenvalue weighted by Crippen LogP contribution is -2.21. The Balaban J connectivity index is 1.77. The molecule has 0 amide bonds. The summed E-state index contributed by atoms with van der Waals surface area (Å²) >= 11 is 6.32. The number of fused-ring (bicyclic) bond motifs is 4. The average Bonchev–Trinajstić information content (AvgIpc) is 3.07. The maximum absolute atomic E-state index is 13.5. The van der Waals surface area contributed by atoms with E-state index < -0.39 is 0 Å². The molecule has 0 unspecified atom stereocenters. The van der Waals surface area contributed by atoms with Crippen molar-refractivity contribution in [3.8, 4) is 0 Å². The lowest BCUT2D eigenvalue weighted by molar-refractivity contribution is 0.528. The maximum Gasteiger partial charge on any atom is 0.265 e. The Morgan fingerprint density at radius 1 is 0.968 bits per heavy atom. The molecule has 0 saturated carbocycles. The van der Waals surface area contributed by atoms with E-state index in [0.717, 1.165) is 29.6 Å². The third-order valence-corrected chi connectivity index (χ3v) is 5.92. The van der Waals surface area contributed by atoms with Crippen molar-refractivity contribution < 1.29 is 0 Å². The molecule has 0 N–H and O–H groups in total. The molecule has 0 fully saturated rings. The van der Waals surface area contributed by atoms with Crippen LogP contribution in [0, 0.1) is 5.92 Å². The van der Waals surface area contributed by atoms with Gasteiger partial charge in [-0.1, -0.05) is 55.8 Å². The summed E-state index contributed by atoms with van der Waals surface area (Å²) in [6.07, 6.45) is 2.55. The van der Waals surface area contributed by atoms with E-state index in [2.05, 4.69) is 18.8 Å². The number of benzene rings is 2. The first-order valence-corrected chi connectivity index (χ1v) is 10.8. The molecule has 2 aromatic carbocycles. The molecule has 0 atom stereocenters. The smallest absolute Gasteiger partial charge is 0.265 e. The van der Waals surface area contributed by atoms with Crippen molar-refractivity contribution in [3.05, 3.63) is 75.8 Å². The third kappa shape index (κ3) is 3.47. The van der Waals surface area contributed by atoms with Gasteiger partial charge in [-0.15, -0.1) is 0 Å². The van der Waals surface area contributed by atoms with Crippen LogP contribution >= 0.6 is 11.6 Å². The zero-order valence-corrected chi connectivity index (χ0v) is 18.2. The summed E-state index contributed by atoms with van der Waals surface area (Å²) in [7, 11) is 0. The fourth-order valence-electron chi connectivity index (χ4n) is 3.86. The standard InChI is InChI=1S/C24H22ClN5O/c1-15(2)11-12-30-22-20(21-23(30)28-19-10-6-5-9-18(19)27-21)24(31)29(14-26-22)13-16-7-3-4-8-17(16)25/h3-10,14-15H,11-13H2,1-2H3. The van der Waals surface area contributed by atoms with Crippen LogP contribution in [0.15, 0.2) is 59.7 Å². The van der Waals surface area contributed by atoms with E-state index in [0.29, 0.717) is 39.7 Å². The highest BCUT2D eigenvalue weighted by atomic mass is 35.5. The van der Waals surface area contributed by atoms with Gasteiger partial charge in [-0.05, 0) is 36.1 Å². The molecule has 0 spiro atoms. The Morgan fingerprint density at radius 2 is 1.68 bits per heavy atom. The molecular formula is C24H22ClN5O. The summed E-state index contributed by atoms with van der Waals surface area (Å²) in [6.45, 7) is 5.44. The van der Waals surface area contributed by atoms with Crippen molar-refractivity contribution in [2.45, 2.75) is 33.4 Å². The predicted molar refractivity (Wildman–Crippen MR) is 125 cm³/mol. The zero-order valence-electron chi connectivity index (χ0n) is 17.4. The second-order valence-electron chi connectivity index (χ2n) is 8.19. The molecule has 0 aliphatic heterocycles. The van der Waals surface area contributed by atoms with Gasteiger partial charge in [0.1, 0.15) is 17.2 Å². The summed E-state index contributed by atoms with van der Waals surface area (Å²) in [5, 5.41) is 1.13. The molecule has 5 rings (SSSR count). The van der Waals surface area contributed by atoms with Crippen LogP contribution in [0.4, 0.5) is 0 Å². The first-order valence-electron chi connectivity index (χ1n) is 10.4. The minimum absolute atomic E-state index is 0.136. The number of hydrogen-bond acceptors (Lipinski definition) is 4. The molecule has 0 radical (unpaired) electrons. The van der Waals surface area contributed by atoms with Crippen molar-refractivity contribution in [2.75, 3.05) is 0 Å². The highest BCUT2D eigenvalue weighted by Crippen LogP contribution is 2.26. The maximum atomic E-state index is 13.5. The zero-order chi connectivity index (χ0) is 21.5. The summed E-state index contributed by atoms with van der Waals surface area (Å²) in [5.74, 6) is 0.515. The van der Waals surface area contributed by atoms with Gasteiger partial charge >= 0.3 is 0 Å². The first-order chi connectivity index (χ1) is 15.0. The van der Waals surface area contributed by atoms with Crippen LogP contribution in [0.3, 0.4) is 0 Å². The van der Waals surface area contributed by atoms with E-state index in [4.69, 9.17) is 21.6 Å². The van der Waals surface area contributed by atoms with Gasteiger partial charge in [0, 0.05) is 11.6 Å². The molecule has 3 aromatic heterocycles. The lowest BCUT2D eigenvalue weighted by atomic mass is 10.1. The molecule has 5 aromatic rings. The van der Waals surface area contributed by atoms with Crippen LogP contribution in [-0.4, -0.2) is 24.1 Å². The molecule has 7 heteroatoms. The molecular weight excluding hydrogens is 410 g/mol. The van der Waals surface area contributed by atoms with Gasteiger partial charge in [-0.3, -0.25) is 9.36 Å². The monoisotopic (exact) mass is 431 g/mol. The van der Waals surface area contributed by atoms with Gasteiger partial charge in [-0.25, -0.2) is 15.0 Å². The summed E-state index contributed by atoms with van der Waals surface area (Å²) in [4.78, 5) is 27.9. The van der Waals surface area contributed by atoms with Crippen molar-refractivity contribution >= 4 is 44.8 Å². The molecule has 3 heterocycles. The Kier molecular flexibility index (Phi) is 4.94. The quantitative estimate of drug-likeness (QED) is 0.391. The predicted octanol–water partition coefficient (Wildman–Crippen LogP) is 5.04. The normalized spacial score (nSPS) is 11.9. The van der Waals surface area contributed by atoms with Crippen LogP contribution in [-0.2, 0) is 13.1 Å². The number of aryl methyl sites for hydroxylation is 1. The Morgan fingerprint density at radius 3 is 2.42 bits per heavy atom. The molecule has 0 aliphatic rings. The average molecular weight is 432 g/mol. The fourth-order valence-corrected chi connectivity index (χ4v) is 4.06. The number of rotatable bonds is 5. The highest BCUT2D eigenvalue weighted by molar-refractivity contribution is 6.31.